The van der Waals surface area contributed by atoms with Crippen LogP contribution in [0.1, 0.15) is 0 Å². The molecule has 0 aliphatic rings. The number of rotatable bonds is 9. The van der Waals surface area contributed by atoms with Crippen LogP contribution in [-0.2, 0) is 30.4 Å². The Balaban J connectivity index is 2.06. The quantitative estimate of drug-likeness (QED) is 0.420. The van der Waals surface area contributed by atoms with E-state index < -0.39 is 34.3 Å². The molecule has 0 spiro atoms. The van der Waals surface area contributed by atoms with Gasteiger partial charge in [0.15, 0.2) is 0 Å². The van der Waals surface area contributed by atoms with Crippen molar-refractivity contribution in [1.82, 2.24) is 0 Å². The van der Waals surface area contributed by atoms with Crippen molar-refractivity contribution in [2.45, 2.75) is 3.91 Å². The molecule has 164 valence electrons. The van der Waals surface area contributed by atoms with E-state index in [0.717, 1.165) is 0 Å². The first kappa shape index (κ1) is 22.6. The second-order valence-corrected chi connectivity index (χ2v) is 11.7. The van der Waals surface area contributed by atoms with Gasteiger partial charge < -0.3 is 12.5 Å². The van der Waals surface area contributed by atoms with E-state index in [1.54, 1.807) is 18.2 Å². The van der Waals surface area contributed by atoms with Crippen molar-refractivity contribution < 1.29 is 37.8 Å². The normalized spacial score (nSPS) is 12.3. The maximum Gasteiger partial charge on any atom is 0.367 e. The maximum atomic E-state index is 12.8. The fraction of sp³-hybridized carbons (Fsp3) is 0.0526. The van der Waals surface area contributed by atoms with E-state index in [0.29, 0.717) is 0 Å². The van der Waals surface area contributed by atoms with Gasteiger partial charge >= 0.3 is 34.3 Å². The van der Waals surface area contributed by atoms with Gasteiger partial charge in [-0.2, -0.15) is 25.3 Å². The van der Waals surface area contributed by atoms with Crippen LogP contribution < -0.4 is 12.5 Å². The van der Waals surface area contributed by atoms with E-state index in [-0.39, 0.29) is 17.2 Å². The minimum atomic E-state index is -5.36. The van der Waals surface area contributed by atoms with Crippen molar-refractivity contribution >= 4 is 30.4 Å². The second kappa shape index (κ2) is 8.96. The Morgan fingerprint density at radius 2 is 0.645 bits per heavy atom. The van der Waals surface area contributed by atoms with Crippen LogP contribution in [0.15, 0.2) is 91.0 Å². The highest BCUT2D eigenvalue weighted by Crippen LogP contribution is 2.27. The SMILES string of the molecule is O=S(=O)(Oc1ccccc1)C(S(=O)(=O)Oc1ccccc1)S(=O)(=O)Oc1ccccc1. The highest BCUT2D eigenvalue weighted by molar-refractivity contribution is 8.20. The van der Waals surface area contributed by atoms with Gasteiger partial charge in [0.1, 0.15) is 17.2 Å². The van der Waals surface area contributed by atoms with Gasteiger partial charge in [-0.25, -0.2) is 0 Å². The Morgan fingerprint density at radius 3 is 0.871 bits per heavy atom. The Labute approximate surface area is 180 Å². The average Bonchev–Trinajstić information content (AvgIpc) is 2.68. The summed E-state index contributed by atoms with van der Waals surface area (Å²) in [6.45, 7) is 0. The molecule has 0 fully saturated rings. The molecule has 9 nitrogen and oxygen atoms in total. The Bertz CT molecular complexity index is 1150. The summed E-state index contributed by atoms with van der Waals surface area (Å²) in [4.78, 5) is 0. The van der Waals surface area contributed by atoms with Crippen molar-refractivity contribution in [2.24, 2.45) is 0 Å². The Kier molecular flexibility index (Phi) is 6.53. The van der Waals surface area contributed by atoms with E-state index >= 15 is 0 Å². The largest absolute Gasteiger partial charge is 0.381 e. The van der Waals surface area contributed by atoms with Gasteiger partial charge in [0.05, 0.1) is 0 Å². The van der Waals surface area contributed by atoms with E-state index in [1.165, 1.54) is 72.8 Å². The average molecular weight is 485 g/mol. The molecule has 0 bridgehead atoms. The number of para-hydroxylation sites is 3. The minimum Gasteiger partial charge on any atom is -0.381 e. The summed E-state index contributed by atoms with van der Waals surface area (Å²) in [5.41, 5.74) is 0. The molecule has 0 N–H and O–H groups in total. The molecule has 3 aromatic carbocycles. The van der Waals surface area contributed by atoms with Crippen LogP contribution in [-0.4, -0.2) is 29.2 Å². The van der Waals surface area contributed by atoms with Crippen molar-refractivity contribution in [3.05, 3.63) is 91.0 Å². The molecular weight excluding hydrogens is 468 g/mol. The van der Waals surface area contributed by atoms with Gasteiger partial charge in [0.25, 0.3) is 0 Å². The molecule has 0 atom stereocenters. The van der Waals surface area contributed by atoms with Crippen molar-refractivity contribution in [2.75, 3.05) is 0 Å². The zero-order valence-electron chi connectivity index (χ0n) is 15.6. The predicted octanol–water partition coefficient (Wildman–Crippen LogP) is 2.50. The van der Waals surface area contributed by atoms with Crippen LogP contribution in [0.2, 0.25) is 0 Å². The van der Waals surface area contributed by atoms with E-state index in [4.69, 9.17) is 12.5 Å². The van der Waals surface area contributed by atoms with Crippen LogP contribution in [0.3, 0.4) is 0 Å². The predicted molar refractivity (Wildman–Crippen MR) is 112 cm³/mol. The molecule has 0 unspecified atom stereocenters. The standard InChI is InChI=1S/C19H16O9S3/c20-29(21,26-16-10-4-1-5-11-16)19(30(22,23)27-17-12-6-2-7-13-17)31(24,25)28-18-14-8-3-9-15-18/h1-15,19H. The molecule has 12 heteroatoms. The molecule has 0 amide bonds. The van der Waals surface area contributed by atoms with Gasteiger partial charge in [-0.1, -0.05) is 54.6 Å². The van der Waals surface area contributed by atoms with Gasteiger partial charge in [0.2, 0.25) is 0 Å². The topological polar surface area (TPSA) is 130 Å². The highest BCUT2D eigenvalue weighted by atomic mass is 32.3. The molecule has 0 radical (unpaired) electrons. The Hall–Kier alpha value is -3.09. The van der Waals surface area contributed by atoms with Crippen LogP contribution in [0.4, 0.5) is 0 Å². The van der Waals surface area contributed by atoms with Crippen molar-refractivity contribution in [3.8, 4) is 17.2 Å². The minimum absolute atomic E-state index is 0.294. The molecule has 3 aromatic rings. The van der Waals surface area contributed by atoms with E-state index in [2.05, 4.69) is 0 Å². The fourth-order valence-corrected chi connectivity index (χ4v) is 7.93. The summed E-state index contributed by atoms with van der Waals surface area (Å²) < 4.78 is 88.1. The molecule has 0 heterocycles. The van der Waals surface area contributed by atoms with Gasteiger partial charge in [0, 0.05) is 0 Å². The summed E-state index contributed by atoms with van der Waals surface area (Å²) >= 11 is 0. The lowest BCUT2D eigenvalue weighted by Gasteiger charge is -2.18. The lowest BCUT2D eigenvalue weighted by Crippen LogP contribution is -2.44. The third kappa shape index (κ3) is 5.75. The maximum absolute atomic E-state index is 12.8. The summed E-state index contributed by atoms with van der Waals surface area (Å²) in [5.74, 6) is -0.882. The smallest absolute Gasteiger partial charge is 0.367 e. The molecule has 0 aliphatic heterocycles. The van der Waals surface area contributed by atoms with Crippen LogP contribution >= 0.6 is 0 Å². The first-order chi connectivity index (χ1) is 14.6. The summed E-state index contributed by atoms with van der Waals surface area (Å²) in [7, 11) is -16.1. The van der Waals surface area contributed by atoms with Gasteiger partial charge in [-0.15, -0.1) is 0 Å². The van der Waals surface area contributed by atoms with E-state index in [1.807, 2.05) is 0 Å². The first-order valence-electron chi connectivity index (χ1n) is 8.55. The summed E-state index contributed by atoms with van der Waals surface area (Å²) in [6.07, 6.45) is 0. The fourth-order valence-electron chi connectivity index (χ4n) is 2.38. The zero-order valence-corrected chi connectivity index (χ0v) is 18.1. The third-order valence-electron chi connectivity index (χ3n) is 3.57. The Morgan fingerprint density at radius 1 is 0.419 bits per heavy atom. The molecule has 0 saturated carbocycles. The monoisotopic (exact) mass is 484 g/mol. The van der Waals surface area contributed by atoms with Crippen LogP contribution in [0, 0.1) is 0 Å². The molecular formula is C19H16O9S3. The van der Waals surface area contributed by atoms with Crippen LogP contribution in [0.25, 0.3) is 0 Å². The zero-order chi connectivity index (χ0) is 22.5. The molecule has 3 rings (SSSR count). The summed E-state index contributed by atoms with van der Waals surface area (Å²) in [6, 6.07) is 20.5. The van der Waals surface area contributed by atoms with Crippen molar-refractivity contribution in [1.29, 1.82) is 0 Å². The lowest BCUT2D eigenvalue weighted by molar-refractivity contribution is 0.454. The highest BCUT2D eigenvalue weighted by Gasteiger charge is 2.54. The van der Waals surface area contributed by atoms with Gasteiger partial charge in [-0.3, -0.25) is 0 Å². The molecule has 0 aromatic heterocycles. The molecule has 31 heavy (non-hydrogen) atoms. The van der Waals surface area contributed by atoms with Gasteiger partial charge in [-0.05, 0) is 36.4 Å². The third-order valence-corrected chi connectivity index (χ3v) is 10.5. The number of hydrogen-bond acceptors (Lipinski definition) is 9. The van der Waals surface area contributed by atoms with E-state index in [9.17, 15) is 25.3 Å². The first-order valence-corrected chi connectivity index (χ1v) is 13.0. The lowest BCUT2D eigenvalue weighted by atomic mass is 10.3. The summed E-state index contributed by atoms with van der Waals surface area (Å²) in [5, 5.41) is 0. The number of benzene rings is 3. The second-order valence-electron chi connectivity index (χ2n) is 5.96. The number of hydrogen-bond donors (Lipinski definition) is 0. The van der Waals surface area contributed by atoms with Crippen molar-refractivity contribution in [3.63, 3.8) is 0 Å². The van der Waals surface area contributed by atoms with Crippen LogP contribution in [0.5, 0.6) is 17.2 Å². The molecule has 0 saturated heterocycles. The molecule has 0 aliphatic carbocycles.